The van der Waals surface area contributed by atoms with Gasteiger partial charge in [-0.3, -0.25) is 14.5 Å². The van der Waals surface area contributed by atoms with Crippen LogP contribution >= 0.6 is 0 Å². The summed E-state index contributed by atoms with van der Waals surface area (Å²) in [4.78, 5) is 58.6. The molecule has 3 amide bonds. The van der Waals surface area contributed by atoms with Crippen molar-refractivity contribution in [1.29, 1.82) is 0 Å². The topological polar surface area (TPSA) is 127 Å². The Balaban J connectivity index is 1.94. The van der Waals surface area contributed by atoms with E-state index in [0.717, 1.165) is 32.2 Å². The maximum absolute atomic E-state index is 14.6. The molecule has 12 heteroatoms. The predicted octanol–water partition coefficient (Wildman–Crippen LogP) is 4.93. The van der Waals surface area contributed by atoms with Crippen LogP contribution in [-0.2, 0) is 28.3 Å². The fourth-order valence-electron chi connectivity index (χ4n) is 5.90. The average molecular weight is 677 g/mol. The Kier molecular flexibility index (Phi) is 12.6. The first-order valence-electron chi connectivity index (χ1n) is 17.2. The van der Waals surface area contributed by atoms with Gasteiger partial charge in [0, 0.05) is 31.5 Å². The molecule has 47 heavy (non-hydrogen) atoms. The molecule has 0 spiro atoms. The molecule has 2 saturated carbocycles. The third-order valence-corrected chi connectivity index (χ3v) is 14.3. The van der Waals surface area contributed by atoms with Crippen molar-refractivity contribution in [2.75, 3.05) is 26.2 Å². The molecule has 2 aliphatic carbocycles. The van der Waals surface area contributed by atoms with Crippen LogP contribution in [0.1, 0.15) is 87.0 Å². The van der Waals surface area contributed by atoms with Gasteiger partial charge in [-0.1, -0.05) is 32.9 Å². The highest BCUT2D eigenvalue weighted by Crippen LogP contribution is 2.46. The number of likely N-dealkylation sites (tertiary alicyclic amines) is 1. The van der Waals surface area contributed by atoms with Crippen LogP contribution in [0.5, 0.6) is 0 Å². The van der Waals surface area contributed by atoms with Gasteiger partial charge in [0.2, 0.25) is 11.8 Å². The normalized spacial score (nSPS) is 25.1. The van der Waals surface area contributed by atoms with E-state index in [-0.39, 0.29) is 43.0 Å². The number of nitrogens with zero attached hydrogens (tertiary/aromatic N) is 2. The van der Waals surface area contributed by atoms with Crippen molar-refractivity contribution in [1.82, 2.24) is 20.4 Å². The third-order valence-electron chi connectivity index (χ3n) is 9.72. The number of esters is 1. The molecule has 266 valence electrons. The monoisotopic (exact) mass is 676 g/mol. The molecule has 0 aromatic carbocycles. The van der Waals surface area contributed by atoms with Crippen molar-refractivity contribution in [3.63, 3.8) is 0 Å². The highest BCUT2D eigenvalue weighted by molar-refractivity contribution is 6.74. The first-order chi connectivity index (χ1) is 21.8. The summed E-state index contributed by atoms with van der Waals surface area (Å²) in [7, 11) is -2.27. The lowest BCUT2D eigenvalue weighted by Gasteiger charge is -2.38. The molecule has 11 nitrogen and oxygen atoms in total. The fourth-order valence-corrected chi connectivity index (χ4v) is 7.26. The Labute approximate surface area is 283 Å². The van der Waals surface area contributed by atoms with E-state index in [9.17, 15) is 19.2 Å². The van der Waals surface area contributed by atoms with Gasteiger partial charge in [0.05, 0.1) is 12.7 Å². The van der Waals surface area contributed by atoms with Crippen molar-refractivity contribution in [3.8, 4) is 0 Å². The Morgan fingerprint density at radius 2 is 1.77 bits per heavy atom. The number of carbonyl (C=O) groups excluding carboxylic acids is 4. The van der Waals surface area contributed by atoms with E-state index >= 15 is 0 Å². The summed E-state index contributed by atoms with van der Waals surface area (Å²) in [6.07, 6.45) is 6.87. The summed E-state index contributed by atoms with van der Waals surface area (Å²) in [5.74, 6) is -1.60. The van der Waals surface area contributed by atoms with Gasteiger partial charge in [-0.2, -0.15) is 0 Å². The van der Waals surface area contributed by atoms with Gasteiger partial charge in [-0.25, -0.2) is 9.59 Å². The molecule has 3 rings (SSSR count). The number of unbranched alkanes of at least 4 members (excludes halogenated alkanes) is 1. The summed E-state index contributed by atoms with van der Waals surface area (Å²) in [6, 6.07) is -1.54. The number of nitrogens with one attached hydrogen (secondary N) is 2. The van der Waals surface area contributed by atoms with Gasteiger partial charge in [0.1, 0.15) is 23.2 Å². The van der Waals surface area contributed by atoms with Gasteiger partial charge in [-0.05, 0) is 84.5 Å². The largest absolute Gasteiger partial charge is 0.464 e. The number of amides is 3. The minimum absolute atomic E-state index is 0.0850. The fraction of sp³-hybridized carbons (Fsp3) is 0.771. The van der Waals surface area contributed by atoms with Crippen LogP contribution in [0, 0.1) is 5.92 Å². The third kappa shape index (κ3) is 10.1. The van der Waals surface area contributed by atoms with Crippen molar-refractivity contribution in [3.05, 3.63) is 25.3 Å². The Hall–Kier alpha value is -2.70. The van der Waals surface area contributed by atoms with Gasteiger partial charge >= 0.3 is 12.1 Å². The number of hydrogen-bond donors (Lipinski definition) is 2. The quantitative estimate of drug-likeness (QED) is 0.102. The molecule has 1 saturated heterocycles. The molecule has 0 aromatic heterocycles. The zero-order chi connectivity index (χ0) is 35.4. The molecule has 1 aliphatic heterocycles. The molecule has 1 heterocycles. The number of alkyl carbamates (subject to hydrolysis) is 1. The van der Waals surface area contributed by atoms with E-state index in [4.69, 9.17) is 13.9 Å². The van der Waals surface area contributed by atoms with Crippen molar-refractivity contribution in [2.24, 2.45) is 5.92 Å². The molecule has 2 N–H and O–H groups in total. The smallest absolute Gasteiger partial charge is 0.408 e. The second-order valence-electron chi connectivity index (χ2n) is 15.8. The highest BCUT2D eigenvalue weighted by Gasteiger charge is 2.62. The highest BCUT2D eigenvalue weighted by atomic mass is 28.4. The van der Waals surface area contributed by atoms with Crippen LogP contribution in [0.4, 0.5) is 4.79 Å². The summed E-state index contributed by atoms with van der Waals surface area (Å²) in [5.41, 5.74) is -1.96. The number of ether oxygens (including phenoxy) is 2. The second kappa shape index (κ2) is 15.2. The molecule has 0 bridgehead atoms. The van der Waals surface area contributed by atoms with E-state index in [2.05, 4.69) is 62.6 Å². The molecule has 0 radical (unpaired) electrons. The Morgan fingerprint density at radius 3 is 2.28 bits per heavy atom. The summed E-state index contributed by atoms with van der Waals surface area (Å²) in [6.45, 7) is 26.8. The minimum atomic E-state index is -2.27. The number of hydrogen-bond acceptors (Lipinski definition) is 8. The van der Waals surface area contributed by atoms with E-state index in [1.165, 1.54) is 4.90 Å². The molecular formula is C35H60N4O7Si. The lowest BCUT2D eigenvalue weighted by molar-refractivity contribution is -0.150. The lowest BCUT2D eigenvalue weighted by Crippen LogP contribution is -2.59. The molecule has 5 atom stereocenters. The number of rotatable bonds is 16. The molecule has 3 fully saturated rings. The van der Waals surface area contributed by atoms with Gasteiger partial charge < -0.3 is 29.4 Å². The second-order valence-corrected chi connectivity index (χ2v) is 20.6. The van der Waals surface area contributed by atoms with E-state index in [1.807, 2.05) is 6.08 Å². The van der Waals surface area contributed by atoms with Crippen LogP contribution in [-0.4, -0.2) is 104 Å². The standard InChI is InChI=1S/C35H60N4O7Si/c1-12-15-16-19-38(25-17-18-25)23-27(36-32(43)45-33(4,5)6)30(41)39-22-26(46-47(10,11)34(7,8)9)20-28(39)29(40)37-35(21-24(35)13-2)31(42)44-14-3/h12-13,24-28H,1-2,14-23H2,3-11H3,(H,36,43)(H,37,40)/t24?,26-,27+,28+,35-/m1/s1. The lowest BCUT2D eigenvalue weighted by atomic mass is 10.1. The van der Waals surface area contributed by atoms with Crippen LogP contribution in [0.15, 0.2) is 25.3 Å². The van der Waals surface area contributed by atoms with E-state index < -0.39 is 55.6 Å². The van der Waals surface area contributed by atoms with Crippen LogP contribution in [0.25, 0.3) is 0 Å². The molecule has 3 aliphatic rings. The number of allylic oxidation sites excluding steroid dienone is 1. The van der Waals surface area contributed by atoms with E-state index in [1.54, 1.807) is 33.8 Å². The summed E-state index contributed by atoms with van der Waals surface area (Å²) >= 11 is 0. The van der Waals surface area contributed by atoms with Crippen molar-refractivity contribution < 1.29 is 33.1 Å². The zero-order valence-electron chi connectivity index (χ0n) is 30.3. The SMILES string of the molecule is C=CCCCN(C[C@H](NC(=O)OC(C)(C)C)C(=O)N1C[C@H](O[Si](C)(C)C(C)(C)C)C[C@H]1C(=O)N[C@]1(C(=O)OCC)CC1C=C)C1CC1. The van der Waals surface area contributed by atoms with Crippen LogP contribution in [0.3, 0.4) is 0 Å². The summed E-state index contributed by atoms with van der Waals surface area (Å²) < 4.78 is 17.6. The first-order valence-corrected chi connectivity index (χ1v) is 20.1. The first kappa shape index (κ1) is 38.7. The predicted molar refractivity (Wildman–Crippen MR) is 185 cm³/mol. The van der Waals surface area contributed by atoms with Crippen LogP contribution in [0.2, 0.25) is 18.1 Å². The molecule has 0 aromatic rings. The zero-order valence-corrected chi connectivity index (χ0v) is 31.3. The maximum atomic E-state index is 14.6. The van der Waals surface area contributed by atoms with Gasteiger partial charge in [-0.15, -0.1) is 13.2 Å². The van der Waals surface area contributed by atoms with Gasteiger partial charge in [0.25, 0.3) is 0 Å². The van der Waals surface area contributed by atoms with Gasteiger partial charge in [0.15, 0.2) is 8.32 Å². The Bertz CT molecular complexity index is 1180. The van der Waals surface area contributed by atoms with E-state index in [0.29, 0.717) is 12.5 Å². The van der Waals surface area contributed by atoms with Crippen LogP contribution < -0.4 is 10.6 Å². The minimum Gasteiger partial charge on any atom is -0.464 e. The molecule has 1 unspecified atom stereocenters. The number of carbonyl (C=O) groups is 4. The van der Waals surface area contributed by atoms with Crippen molar-refractivity contribution in [2.45, 2.75) is 140 Å². The maximum Gasteiger partial charge on any atom is 0.408 e. The van der Waals surface area contributed by atoms with Crippen molar-refractivity contribution >= 4 is 32.2 Å². The molecular weight excluding hydrogens is 616 g/mol. The average Bonchev–Trinajstić information content (AvgIpc) is 3.87. The Morgan fingerprint density at radius 1 is 1.11 bits per heavy atom. The summed E-state index contributed by atoms with van der Waals surface area (Å²) in [5, 5.41) is 5.71.